The quantitative estimate of drug-likeness (QED) is 0.339. The fraction of sp³-hybridized carbons (Fsp3) is 0.273. The van der Waals surface area contributed by atoms with E-state index in [1.165, 1.54) is 6.07 Å². The number of nitro groups is 1. The van der Waals surface area contributed by atoms with Crippen molar-refractivity contribution in [3.63, 3.8) is 0 Å². The third-order valence-corrected chi connectivity index (χ3v) is 2.02. The molecule has 0 amide bonds. The molecule has 0 atom stereocenters. The predicted molar refractivity (Wildman–Crippen MR) is 60.8 cm³/mol. The molecular formula is C11H12N2O3. The van der Waals surface area contributed by atoms with Gasteiger partial charge in [0.05, 0.1) is 17.2 Å². The van der Waals surface area contributed by atoms with Gasteiger partial charge in [0.25, 0.3) is 5.69 Å². The molecule has 0 saturated carbocycles. The predicted octanol–water partition coefficient (Wildman–Crippen LogP) is 1.22. The van der Waals surface area contributed by atoms with Crippen LogP contribution in [-0.4, -0.2) is 16.6 Å². The van der Waals surface area contributed by atoms with E-state index in [9.17, 15) is 10.1 Å². The summed E-state index contributed by atoms with van der Waals surface area (Å²) in [5.74, 6) is 5.48. The van der Waals surface area contributed by atoms with Crippen LogP contribution >= 0.6 is 0 Å². The van der Waals surface area contributed by atoms with Crippen molar-refractivity contribution >= 4 is 11.4 Å². The third-order valence-electron chi connectivity index (χ3n) is 2.02. The Kier molecular flexibility index (Phi) is 3.86. The van der Waals surface area contributed by atoms with E-state index in [0.717, 1.165) is 0 Å². The summed E-state index contributed by atoms with van der Waals surface area (Å²) < 4.78 is 0. The van der Waals surface area contributed by atoms with Crippen molar-refractivity contribution in [2.75, 3.05) is 12.3 Å². The highest BCUT2D eigenvalue weighted by atomic mass is 16.6. The Hall–Kier alpha value is -2.06. The fourth-order valence-electron chi connectivity index (χ4n) is 1.23. The Morgan fingerprint density at radius 1 is 1.56 bits per heavy atom. The highest BCUT2D eigenvalue weighted by Crippen LogP contribution is 2.23. The Balaban J connectivity index is 3.12. The molecule has 0 unspecified atom stereocenters. The number of hydrogen-bond acceptors (Lipinski definition) is 4. The van der Waals surface area contributed by atoms with Crippen molar-refractivity contribution in [2.24, 2.45) is 0 Å². The number of aliphatic hydroxyl groups excluding tert-OH is 1. The minimum Gasteiger partial charge on any atom is -0.398 e. The Bertz CT molecular complexity index is 472. The normalized spacial score (nSPS) is 9.38. The van der Waals surface area contributed by atoms with Crippen LogP contribution in [0.25, 0.3) is 0 Å². The van der Waals surface area contributed by atoms with E-state index >= 15 is 0 Å². The number of benzene rings is 1. The van der Waals surface area contributed by atoms with Crippen LogP contribution in [-0.2, 0) is 0 Å². The number of nitro benzene ring substituents is 1. The van der Waals surface area contributed by atoms with Crippen LogP contribution in [0.4, 0.5) is 11.4 Å². The maximum absolute atomic E-state index is 10.6. The molecule has 0 saturated heterocycles. The molecule has 0 heterocycles. The third kappa shape index (κ3) is 2.72. The Labute approximate surface area is 93.0 Å². The molecule has 84 valence electrons. The number of aryl methyl sites for hydroxylation is 1. The topological polar surface area (TPSA) is 89.4 Å². The van der Waals surface area contributed by atoms with Gasteiger partial charge in [0.2, 0.25) is 0 Å². The summed E-state index contributed by atoms with van der Waals surface area (Å²) in [6.45, 7) is 1.62. The molecule has 0 fully saturated rings. The fourth-order valence-corrected chi connectivity index (χ4v) is 1.23. The molecule has 1 rings (SSSR count). The summed E-state index contributed by atoms with van der Waals surface area (Å²) in [7, 11) is 0. The number of aliphatic hydroxyl groups is 1. The minimum atomic E-state index is -0.476. The van der Waals surface area contributed by atoms with E-state index in [0.29, 0.717) is 17.5 Å². The zero-order valence-corrected chi connectivity index (χ0v) is 8.86. The lowest BCUT2D eigenvalue weighted by Gasteiger charge is -2.01. The highest BCUT2D eigenvalue weighted by molar-refractivity contribution is 5.63. The van der Waals surface area contributed by atoms with Gasteiger partial charge in [-0.2, -0.15) is 0 Å². The number of nitrogens with zero attached hydrogens (tertiary/aromatic N) is 1. The second-order valence-electron chi connectivity index (χ2n) is 3.26. The van der Waals surface area contributed by atoms with Crippen LogP contribution in [0.1, 0.15) is 17.5 Å². The van der Waals surface area contributed by atoms with E-state index < -0.39 is 4.92 Å². The first-order valence-electron chi connectivity index (χ1n) is 4.70. The summed E-state index contributed by atoms with van der Waals surface area (Å²) in [5.41, 5.74) is 6.99. The number of nitrogens with two attached hydrogens (primary N) is 1. The van der Waals surface area contributed by atoms with Crippen molar-refractivity contribution in [3.05, 3.63) is 33.4 Å². The van der Waals surface area contributed by atoms with Crippen molar-refractivity contribution in [1.82, 2.24) is 0 Å². The molecule has 0 spiro atoms. The van der Waals surface area contributed by atoms with Crippen molar-refractivity contribution < 1.29 is 10.0 Å². The number of rotatable bonds is 2. The molecule has 16 heavy (non-hydrogen) atoms. The summed E-state index contributed by atoms with van der Waals surface area (Å²) in [4.78, 5) is 10.2. The van der Waals surface area contributed by atoms with Crippen LogP contribution < -0.4 is 5.73 Å². The van der Waals surface area contributed by atoms with Gasteiger partial charge in [-0.15, -0.1) is 0 Å². The molecule has 1 aromatic rings. The van der Waals surface area contributed by atoms with E-state index in [2.05, 4.69) is 11.8 Å². The first-order chi connectivity index (χ1) is 7.56. The van der Waals surface area contributed by atoms with Gasteiger partial charge in [-0.1, -0.05) is 11.8 Å². The number of hydrogen-bond donors (Lipinski definition) is 2. The standard InChI is InChI=1S/C11H12N2O3/c1-8-6-9(4-2-3-5-14)10(12)7-11(8)13(15)16/h6-7,14H,3,5,12H2,1H3. The van der Waals surface area contributed by atoms with E-state index in [4.69, 9.17) is 10.8 Å². The summed E-state index contributed by atoms with van der Waals surface area (Å²) in [5, 5.41) is 19.2. The zero-order chi connectivity index (χ0) is 12.1. The van der Waals surface area contributed by atoms with E-state index in [1.54, 1.807) is 13.0 Å². The molecular weight excluding hydrogens is 208 g/mol. The number of nitrogen functional groups attached to an aromatic ring is 1. The smallest absolute Gasteiger partial charge is 0.274 e. The first kappa shape index (κ1) is 12.0. The molecule has 5 nitrogen and oxygen atoms in total. The maximum atomic E-state index is 10.6. The van der Waals surface area contributed by atoms with Crippen molar-refractivity contribution in [3.8, 4) is 11.8 Å². The monoisotopic (exact) mass is 220 g/mol. The average Bonchev–Trinajstić information content (AvgIpc) is 2.22. The van der Waals surface area contributed by atoms with Crippen LogP contribution in [0.3, 0.4) is 0 Å². The van der Waals surface area contributed by atoms with Gasteiger partial charge in [-0.05, 0) is 13.0 Å². The second kappa shape index (κ2) is 5.14. The lowest BCUT2D eigenvalue weighted by molar-refractivity contribution is -0.385. The van der Waals surface area contributed by atoms with Crippen LogP contribution in [0, 0.1) is 28.9 Å². The van der Waals surface area contributed by atoms with Gasteiger partial charge in [-0.25, -0.2) is 0 Å². The lowest BCUT2D eigenvalue weighted by atomic mass is 10.1. The minimum absolute atomic E-state index is 0.00907. The highest BCUT2D eigenvalue weighted by Gasteiger charge is 2.12. The summed E-state index contributed by atoms with van der Waals surface area (Å²) in [6, 6.07) is 2.89. The Morgan fingerprint density at radius 2 is 2.25 bits per heavy atom. The van der Waals surface area contributed by atoms with E-state index in [-0.39, 0.29) is 18.0 Å². The molecule has 3 N–H and O–H groups in total. The van der Waals surface area contributed by atoms with Gasteiger partial charge < -0.3 is 10.8 Å². The average molecular weight is 220 g/mol. The summed E-state index contributed by atoms with van der Waals surface area (Å²) in [6.07, 6.45) is 0.357. The van der Waals surface area contributed by atoms with Gasteiger partial charge in [0.15, 0.2) is 0 Å². The molecule has 5 heteroatoms. The Morgan fingerprint density at radius 3 is 2.81 bits per heavy atom. The van der Waals surface area contributed by atoms with Crippen LogP contribution in [0.5, 0.6) is 0 Å². The largest absolute Gasteiger partial charge is 0.398 e. The van der Waals surface area contributed by atoms with Gasteiger partial charge in [-0.3, -0.25) is 10.1 Å². The zero-order valence-electron chi connectivity index (χ0n) is 8.86. The van der Waals surface area contributed by atoms with Gasteiger partial charge >= 0.3 is 0 Å². The van der Waals surface area contributed by atoms with Crippen LogP contribution in [0.15, 0.2) is 12.1 Å². The second-order valence-corrected chi connectivity index (χ2v) is 3.26. The van der Waals surface area contributed by atoms with Gasteiger partial charge in [0.1, 0.15) is 0 Å². The maximum Gasteiger partial charge on any atom is 0.274 e. The van der Waals surface area contributed by atoms with E-state index in [1.807, 2.05) is 0 Å². The van der Waals surface area contributed by atoms with Crippen molar-refractivity contribution in [1.29, 1.82) is 0 Å². The summed E-state index contributed by atoms with van der Waals surface area (Å²) >= 11 is 0. The molecule has 0 aromatic heterocycles. The molecule has 0 aliphatic rings. The lowest BCUT2D eigenvalue weighted by Crippen LogP contribution is -1.97. The van der Waals surface area contributed by atoms with Gasteiger partial charge in [0, 0.05) is 23.6 Å². The van der Waals surface area contributed by atoms with Crippen molar-refractivity contribution in [2.45, 2.75) is 13.3 Å². The molecule has 0 bridgehead atoms. The molecule has 0 aliphatic carbocycles. The number of anilines is 1. The molecule has 0 radical (unpaired) electrons. The van der Waals surface area contributed by atoms with Crippen LogP contribution in [0.2, 0.25) is 0 Å². The molecule has 1 aromatic carbocycles. The first-order valence-corrected chi connectivity index (χ1v) is 4.70. The SMILES string of the molecule is Cc1cc(C#CCCO)c(N)cc1[N+](=O)[O-]. The molecule has 0 aliphatic heterocycles.